The van der Waals surface area contributed by atoms with Crippen molar-refractivity contribution < 1.29 is 14.3 Å². The molecule has 2 aromatic rings. The van der Waals surface area contributed by atoms with Gasteiger partial charge in [0, 0.05) is 24.0 Å². The van der Waals surface area contributed by atoms with E-state index in [2.05, 4.69) is 0 Å². The standard InChI is InChI=1S/C14H13FN2O2/c1-17(12-2-4-13(18)5-3-12)14(19)9-6-10(15)8-11(16)7-9/h2-8,18H,16H2,1H3. The molecule has 0 saturated carbocycles. The first-order valence-electron chi connectivity index (χ1n) is 5.60. The highest BCUT2D eigenvalue weighted by molar-refractivity contribution is 6.06. The number of carbonyl (C=O) groups is 1. The third kappa shape index (κ3) is 2.82. The zero-order valence-electron chi connectivity index (χ0n) is 10.3. The van der Waals surface area contributed by atoms with Crippen LogP contribution in [0.1, 0.15) is 10.4 Å². The zero-order chi connectivity index (χ0) is 14.0. The third-order valence-electron chi connectivity index (χ3n) is 2.71. The highest BCUT2D eigenvalue weighted by atomic mass is 19.1. The zero-order valence-corrected chi connectivity index (χ0v) is 10.3. The molecule has 2 aromatic carbocycles. The van der Waals surface area contributed by atoms with E-state index in [0.717, 1.165) is 12.1 Å². The Labute approximate surface area is 109 Å². The molecule has 0 aliphatic carbocycles. The molecule has 0 aromatic heterocycles. The highest BCUT2D eigenvalue weighted by Crippen LogP contribution is 2.20. The minimum absolute atomic E-state index is 0.111. The largest absolute Gasteiger partial charge is 0.508 e. The summed E-state index contributed by atoms with van der Waals surface area (Å²) in [7, 11) is 1.57. The summed E-state index contributed by atoms with van der Waals surface area (Å²) < 4.78 is 13.2. The SMILES string of the molecule is CN(C(=O)c1cc(N)cc(F)c1)c1ccc(O)cc1. The van der Waals surface area contributed by atoms with Crippen molar-refractivity contribution in [3.63, 3.8) is 0 Å². The van der Waals surface area contributed by atoms with Crippen LogP contribution >= 0.6 is 0 Å². The van der Waals surface area contributed by atoms with E-state index in [1.165, 1.54) is 23.1 Å². The number of phenols is 1. The smallest absolute Gasteiger partial charge is 0.258 e. The van der Waals surface area contributed by atoms with Gasteiger partial charge < -0.3 is 15.7 Å². The molecule has 0 saturated heterocycles. The van der Waals surface area contributed by atoms with Crippen LogP contribution in [0.3, 0.4) is 0 Å². The highest BCUT2D eigenvalue weighted by Gasteiger charge is 2.14. The Balaban J connectivity index is 2.30. The second-order valence-corrected chi connectivity index (χ2v) is 4.15. The maximum atomic E-state index is 13.2. The topological polar surface area (TPSA) is 66.6 Å². The van der Waals surface area contributed by atoms with Crippen molar-refractivity contribution in [1.82, 2.24) is 0 Å². The van der Waals surface area contributed by atoms with E-state index >= 15 is 0 Å². The van der Waals surface area contributed by atoms with Gasteiger partial charge in [-0.25, -0.2) is 4.39 Å². The van der Waals surface area contributed by atoms with Gasteiger partial charge in [0.05, 0.1) is 0 Å². The van der Waals surface area contributed by atoms with Crippen molar-refractivity contribution in [2.75, 3.05) is 17.7 Å². The number of amides is 1. The van der Waals surface area contributed by atoms with Crippen LogP contribution in [0.5, 0.6) is 5.75 Å². The van der Waals surface area contributed by atoms with Gasteiger partial charge >= 0.3 is 0 Å². The summed E-state index contributed by atoms with van der Waals surface area (Å²) in [5.41, 5.74) is 6.47. The number of nitrogen functional groups attached to an aromatic ring is 1. The lowest BCUT2D eigenvalue weighted by atomic mass is 10.1. The summed E-state index contributed by atoms with van der Waals surface area (Å²) in [5, 5.41) is 9.20. The number of rotatable bonds is 2. The molecule has 0 aliphatic rings. The molecule has 98 valence electrons. The molecule has 2 rings (SSSR count). The van der Waals surface area contributed by atoms with Crippen LogP contribution in [0.2, 0.25) is 0 Å². The predicted octanol–water partition coefficient (Wildman–Crippen LogP) is 2.39. The van der Waals surface area contributed by atoms with Crippen LogP contribution in [0.15, 0.2) is 42.5 Å². The number of phenolic OH excluding ortho intramolecular Hbond substituents is 1. The second-order valence-electron chi connectivity index (χ2n) is 4.15. The first-order valence-corrected chi connectivity index (χ1v) is 5.60. The maximum absolute atomic E-state index is 13.2. The second kappa shape index (κ2) is 4.97. The summed E-state index contributed by atoms with van der Waals surface area (Å²) in [6.07, 6.45) is 0. The summed E-state index contributed by atoms with van der Waals surface area (Å²) in [5.74, 6) is -0.820. The molecule has 0 heterocycles. The normalized spacial score (nSPS) is 10.2. The van der Waals surface area contributed by atoms with Crippen LogP contribution in [0.4, 0.5) is 15.8 Å². The fourth-order valence-electron chi connectivity index (χ4n) is 1.72. The Morgan fingerprint density at radius 1 is 1.21 bits per heavy atom. The van der Waals surface area contributed by atoms with E-state index in [4.69, 9.17) is 5.73 Å². The Bertz CT molecular complexity index is 591. The van der Waals surface area contributed by atoms with E-state index in [0.29, 0.717) is 5.69 Å². The molecule has 3 N–H and O–H groups in total. The number of carbonyl (C=O) groups excluding carboxylic acids is 1. The number of nitrogens with two attached hydrogens (primary N) is 1. The number of benzene rings is 2. The van der Waals surface area contributed by atoms with E-state index < -0.39 is 5.82 Å². The van der Waals surface area contributed by atoms with Crippen LogP contribution in [0, 0.1) is 5.82 Å². The van der Waals surface area contributed by atoms with Crippen molar-refractivity contribution in [2.45, 2.75) is 0 Å². The monoisotopic (exact) mass is 260 g/mol. The Morgan fingerprint density at radius 2 is 1.84 bits per heavy atom. The Morgan fingerprint density at radius 3 is 2.42 bits per heavy atom. The molecular weight excluding hydrogens is 247 g/mol. The summed E-state index contributed by atoms with van der Waals surface area (Å²) in [6, 6.07) is 9.83. The molecule has 0 radical (unpaired) electrons. The Hall–Kier alpha value is -2.56. The minimum atomic E-state index is -0.553. The predicted molar refractivity (Wildman–Crippen MR) is 71.7 cm³/mol. The summed E-state index contributed by atoms with van der Waals surface area (Å²) in [4.78, 5) is 13.5. The molecule has 0 unspecified atom stereocenters. The lowest BCUT2D eigenvalue weighted by molar-refractivity contribution is 0.0992. The number of hydrogen-bond donors (Lipinski definition) is 2. The van der Waals surface area contributed by atoms with E-state index in [-0.39, 0.29) is 22.9 Å². The van der Waals surface area contributed by atoms with Crippen molar-refractivity contribution in [1.29, 1.82) is 0 Å². The summed E-state index contributed by atoms with van der Waals surface area (Å²) >= 11 is 0. The molecule has 0 spiro atoms. The fourth-order valence-corrected chi connectivity index (χ4v) is 1.72. The van der Waals surface area contributed by atoms with E-state index in [1.807, 2.05) is 0 Å². The third-order valence-corrected chi connectivity index (χ3v) is 2.71. The van der Waals surface area contributed by atoms with Crippen LogP contribution < -0.4 is 10.6 Å². The van der Waals surface area contributed by atoms with Gasteiger partial charge in [-0.3, -0.25) is 4.79 Å². The molecule has 0 fully saturated rings. The fraction of sp³-hybridized carbons (Fsp3) is 0.0714. The van der Waals surface area contributed by atoms with Crippen LogP contribution in [0.25, 0.3) is 0 Å². The molecule has 19 heavy (non-hydrogen) atoms. The molecule has 5 heteroatoms. The average molecular weight is 260 g/mol. The average Bonchev–Trinajstić information content (AvgIpc) is 2.37. The lowest BCUT2D eigenvalue weighted by Crippen LogP contribution is -2.26. The van der Waals surface area contributed by atoms with Gasteiger partial charge in [0.1, 0.15) is 11.6 Å². The number of hydrogen-bond acceptors (Lipinski definition) is 3. The number of anilines is 2. The van der Waals surface area contributed by atoms with Gasteiger partial charge in [0.15, 0.2) is 0 Å². The van der Waals surface area contributed by atoms with E-state index in [1.54, 1.807) is 19.2 Å². The number of nitrogens with zero attached hydrogens (tertiary/aromatic N) is 1. The molecular formula is C14H13FN2O2. The first-order chi connectivity index (χ1) is 8.97. The first kappa shape index (κ1) is 12.9. The molecule has 0 bridgehead atoms. The van der Waals surface area contributed by atoms with Crippen molar-refractivity contribution in [3.8, 4) is 5.75 Å². The van der Waals surface area contributed by atoms with Gasteiger partial charge in [0.2, 0.25) is 0 Å². The van der Waals surface area contributed by atoms with Gasteiger partial charge in [-0.1, -0.05) is 0 Å². The molecule has 1 amide bonds. The number of halogens is 1. The maximum Gasteiger partial charge on any atom is 0.258 e. The van der Waals surface area contributed by atoms with Gasteiger partial charge in [-0.2, -0.15) is 0 Å². The lowest BCUT2D eigenvalue weighted by Gasteiger charge is -2.17. The van der Waals surface area contributed by atoms with Gasteiger partial charge in [-0.15, -0.1) is 0 Å². The summed E-state index contributed by atoms with van der Waals surface area (Å²) in [6.45, 7) is 0. The van der Waals surface area contributed by atoms with Crippen molar-refractivity contribution >= 4 is 17.3 Å². The Kier molecular flexibility index (Phi) is 3.37. The van der Waals surface area contributed by atoms with Gasteiger partial charge in [0.25, 0.3) is 5.91 Å². The molecule has 0 atom stereocenters. The van der Waals surface area contributed by atoms with E-state index in [9.17, 15) is 14.3 Å². The number of aromatic hydroxyl groups is 1. The molecule has 4 nitrogen and oxygen atoms in total. The van der Waals surface area contributed by atoms with Gasteiger partial charge in [-0.05, 0) is 42.5 Å². The van der Waals surface area contributed by atoms with Crippen molar-refractivity contribution in [3.05, 3.63) is 53.8 Å². The van der Waals surface area contributed by atoms with Crippen LogP contribution in [-0.2, 0) is 0 Å². The molecule has 0 aliphatic heterocycles. The van der Waals surface area contributed by atoms with Crippen LogP contribution in [-0.4, -0.2) is 18.1 Å². The van der Waals surface area contributed by atoms with Crippen molar-refractivity contribution in [2.24, 2.45) is 0 Å². The quantitative estimate of drug-likeness (QED) is 0.815. The minimum Gasteiger partial charge on any atom is -0.508 e.